The van der Waals surface area contributed by atoms with Crippen LogP contribution in [0.5, 0.6) is 0 Å². The Kier molecular flexibility index (Phi) is 4.24. The number of nitrogens with zero attached hydrogens (tertiary/aromatic N) is 2. The smallest absolute Gasteiger partial charge is 0.233 e. The number of amides is 3. The van der Waals surface area contributed by atoms with Crippen LogP contribution in [-0.2, 0) is 14.4 Å². The van der Waals surface area contributed by atoms with Crippen molar-refractivity contribution in [2.75, 3.05) is 13.6 Å². The lowest BCUT2D eigenvalue weighted by atomic mass is 9.81. The van der Waals surface area contributed by atoms with E-state index in [9.17, 15) is 14.4 Å². The topological polar surface area (TPSA) is 57.7 Å². The Labute approximate surface area is 132 Å². The molecule has 0 bridgehead atoms. The van der Waals surface area contributed by atoms with Gasteiger partial charge in [-0.1, -0.05) is 12.8 Å². The molecule has 122 valence electrons. The monoisotopic (exact) mass is 306 g/mol. The first-order chi connectivity index (χ1) is 10.5. The van der Waals surface area contributed by atoms with E-state index in [2.05, 4.69) is 6.92 Å². The molecule has 0 radical (unpaired) electrons. The van der Waals surface area contributed by atoms with Gasteiger partial charge >= 0.3 is 0 Å². The molecular weight excluding hydrogens is 280 g/mol. The summed E-state index contributed by atoms with van der Waals surface area (Å²) < 4.78 is 0. The van der Waals surface area contributed by atoms with E-state index in [0.29, 0.717) is 5.92 Å². The highest BCUT2D eigenvalue weighted by atomic mass is 16.2. The minimum absolute atomic E-state index is 0.0369. The molecule has 3 amide bonds. The number of rotatable bonds is 5. The summed E-state index contributed by atoms with van der Waals surface area (Å²) in [5.41, 5.74) is 0. The molecule has 0 unspecified atom stereocenters. The Morgan fingerprint density at radius 1 is 1.14 bits per heavy atom. The van der Waals surface area contributed by atoms with Gasteiger partial charge < -0.3 is 4.90 Å². The standard InChI is InChI=1S/C17H26N2O3/c1-11(12-7-8-12)18(2)15(20)9-10-19-16(21)13-5-3-4-6-14(13)17(19)22/h11-14H,3-10H2,1-2H3/t11-,13-,14+/m0/s1. The van der Waals surface area contributed by atoms with E-state index in [1.54, 1.807) is 4.90 Å². The summed E-state index contributed by atoms with van der Waals surface area (Å²) in [6.07, 6.45) is 6.39. The van der Waals surface area contributed by atoms with Crippen molar-refractivity contribution in [3.63, 3.8) is 0 Å². The Hall–Kier alpha value is -1.39. The van der Waals surface area contributed by atoms with E-state index in [-0.39, 0.29) is 48.6 Å². The quantitative estimate of drug-likeness (QED) is 0.728. The Morgan fingerprint density at radius 2 is 1.68 bits per heavy atom. The minimum atomic E-state index is -0.112. The predicted molar refractivity (Wildman–Crippen MR) is 81.7 cm³/mol. The van der Waals surface area contributed by atoms with Crippen molar-refractivity contribution in [2.45, 2.75) is 57.9 Å². The average Bonchev–Trinajstić information content (AvgIpc) is 3.34. The molecular formula is C17H26N2O3. The molecule has 1 saturated heterocycles. The van der Waals surface area contributed by atoms with Crippen molar-refractivity contribution in [1.82, 2.24) is 9.80 Å². The summed E-state index contributed by atoms with van der Waals surface area (Å²) in [4.78, 5) is 40.2. The van der Waals surface area contributed by atoms with Crippen LogP contribution in [0.15, 0.2) is 0 Å². The van der Waals surface area contributed by atoms with Crippen LogP contribution in [0.3, 0.4) is 0 Å². The molecule has 0 aromatic carbocycles. The van der Waals surface area contributed by atoms with Gasteiger partial charge in [-0.05, 0) is 38.5 Å². The fourth-order valence-corrected chi connectivity index (χ4v) is 3.96. The Balaban J connectivity index is 1.55. The molecule has 0 aromatic rings. The maximum absolute atomic E-state index is 12.4. The van der Waals surface area contributed by atoms with E-state index < -0.39 is 0 Å². The third-order valence-electron chi connectivity index (χ3n) is 5.79. The van der Waals surface area contributed by atoms with Crippen LogP contribution >= 0.6 is 0 Å². The van der Waals surface area contributed by atoms with Gasteiger partial charge in [-0.2, -0.15) is 0 Å². The average molecular weight is 306 g/mol. The number of carbonyl (C=O) groups is 3. The van der Waals surface area contributed by atoms with Crippen molar-refractivity contribution in [1.29, 1.82) is 0 Å². The van der Waals surface area contributed by atoms with E-state index in [4.69, 9.17) is 0 Å². The van der Waals surface area contributed by atoms with Crippen molar-refractivity contribution in [2.24, 2.45) is 17.8 Å². The molecule has 0 N–H and O–H groups in total. The lowest BCUT2D eigenvalue weighted by Crippen LogP contribution is -2.40. The first-order valence-corrected chi connectivity index (χ1v) is 8.61. The Bertz CT molecular complexity index is 462. The molecule has 1 aliphatic heterocycles. The number of hydrogen-bond acceptors (Lipinski definition) is 3. The van der Waals surface area contributed by atoms with E-state index in [0.717, 1.165) is 25.7 Å². The normalized spacial score (nSPS) is 29.5. The van der Waals surface area contributed by atoms with E-state index in [1.807, 2.05) is 7.05 Å². The van der Waals surface area contributed by atoms with Gasteiger partial charge in [-0.3, -0.25) is 19.3 Å². The maximum Gasteiger partial charge on any atom is 0.233 e. The molecule has 3 atom stereocenters. The van der Waals surface area contributed by atoms with Gasteiger partial charge in [0, 0.05) is 26.1 Å². The second-order valence-electron chi connectivity index (χ2n) is 7.16. The fourth-order valence-electron chi connectivity index (χ4n) is 3.96. The summed E-state index contributed by atoms with van der Waals surface area (Å²) in [6.45, 7) is 2.33. The van der Waals surface area contributed by atoms with Crippen molar-refractivity contribution < 1.29 is 14.4 Å². The van der Waals surface area contributed by atoms with Crippen LogP contribution in [0.1, 0.15) is 51.9 Å². The molecule has 1 heterocycles. The van der Waals surface area contributed by atoms with Gasteiger partial charge in [-0.15, -0.1) is 0 Å². The summed E-state index contributed by atoms with van der Waals surface area (Å²) >= 11 is 0. The summed E-state index contributed by atoms with van der Waals surface area (Å²) in [7, 11) is 1.83. The second kappa shape index (κ2) is 6.01. The largest absolute Gasteiger partial charge is 0.343 e. The van der Waals surface area contributed by atoms with Crippen molar-refractivity contribution in [3.8, 4) is 0 Å². The third kappa shape index (κ3) is 2.77. The molecule has 3 fully saturated rings. The van der Waals surface area contributed by atoms with Gasteiger partial charge in [0.25, 0.3) is 0 Å². The molecule has 2 saturated carbocycles. The molecule has 22 heavy (non-hydrogen) atoms. The number of likely N-dealkylation sites (tertiary alicyclic amines) is 1. The molecule has 2 aliphatic carbocycles. The zero-order valence-corrected chi connectivity index (χ0v) is 13.6. The van der Waals surface area contributed by atoms with Crippen LogP contribution in [-0.4, -0.2) is 47.2 Å². The minimum Gasteiger partial charge on any atom is -0.343 e. The number of carbonyl (C=O) groups excluding carboxylic acids is 3. The fraction of sp³-hybridized carbons (Fsp3) is 0.824. The number of imide groups is 1. The zero-order chi connectivity index (χ0) is 15.9. The van der Waals surface area contributed by atoms with Crippen molar-refractivity contribution >= 4 is 17.7 Å². The van der Waals surface area contributed by atoms with Crippen LogP contribution in [0.4, 0.5) is 0 Å². The molecule has 3 rings (SSSR count). The summed E-state index contributed by atoms with van der Waals surface area (Å²) in [5, 5.41) is 0. The van der Waals surface area contributed by atoms with Crippen LogP contribution in [0.2, 0.25) is 0 Å². The number of fused-ring (bicyclic) bond motifs is 1. The number of hydrogen-bond donors (Lipinski definition) is 0. The van der Waals surface area contributed by atoms with Gasteiger partial charge in [0.05, 0.1) is 11.8 Å². The predicted octanol–water partition coefficient (Wildman–Crippen LogP) is 1.81. The highest BCUT2D eigenvalue weighted by Crippen LogP contribution is 2.38. The van der Waals surface area contributed by atoms with Gasteiger partial charge in [0.1, 0.15) is 0 Å². The summed E-state index contributed by atoms with van der Waals surface area (Å²) in [5.74, 6) is 0.362. The first kappa shape index (κ1) is 15.5. The lowest BCUT2D eigenvalue weighted by Gasteiger charge is -2.25. The van der Waals surface area contributed by atoms with Gasteiger partial charge in [-0.25, -0.2) is 0 Å². The molecule has 5 nitrogen and oxygen atoms in total. The van der Waals surface area contributed by atoms with Crippen LogP contribution < -0.4 is 0 Å². The lowest BCUT2D eigenvalue weighted by molar-refractivity contribution is -0.141. The second-order valence-corrected chi connectivity index (χ2v) is 7.16. The molecule has 0 spiro atoms. The van der Waals surface area contributed by atoms with E-state index >= 15 is 0 Å². The summed E-state index contributed by atoms with van der Waals surface area (Å²) in [6, 6.07) is 0.264. The highest BCUT2D eigenvalue weighted by molar-refractivity contribution is 6.05. The third-order valence-corrected chi connectivity index (χ3v) is 5.79. The molecule has 0 aromatic heterocycles. The molecule has 3 aliphatic rings. The maximum atomic E-state index is 12.4. The highest BCUT2D eigenvalue weighted by Gasteiger charge is 2.48. The van der Waals surface area contributed by atoms with Crippen molar-refractivity contribution in [3.05, 3.63) is 0 Å². The van der Waals surface area contributed by atoms with Gasteiger partial charge in [0.15, 0.2) is 0 Å². The Morgan fingerprint density at radius 3 is 2.18 bits per heavy atom. The van der Waals surface area contributed by atoms with E-state index in [1.165, 1.54) is 17.7 Å². The SMILES string of the molecule is C[C@@H](C1CC1)N(C)C(=O)CCN1C(=O)[C@H]2CCCC[C@H]2C1=O. The van der Waals surface area contributed by atoms with Gasteiger partial charge in [0.2, 0.25) is 17.7 Å². The molecule has 5 heteroatoms. The zero-order valence-electron chi connectivity index (χ0n) is 13.6. The van der Waals surface area contributed by atoms with Crippen LogP contribution in [0.25, 0.3) is 0 Å². The van der Waals surface area contributed by atoms with Crippen LogP contribution in [0, 0.1) is 17.8 Å². The first-order valence-electron chi connectivity index (χ1n) is 8.61.